The van der Waals surface area contributed by atoms with Gasteiger partial charge >= 0.3 is 0 Å². The number of nitrogens with zero attached hydrogens (tertiary/aromatic N) is 4. The van der Waals surface area contributed by atoms with Gasteiger partial charge in [-0.25, -0.2) is 4.39 Å². The van der Waals surface area contributed by atoms with Crippen LogP contribution in [0, 0.1) is 5.82 Å². The van der Waals surface area contributed by atoms with Gasteiger partial charge in [-0.3, -0.25) is 14.3 Å². The number of piperidine rings is 1. The first kappa shape index (κ1) is 20.8. The van der Waals surface area contributed by atoms with E-state index in [0.29, 0.717) is 37.4 Å². The first-order chi connectivity index (χ1) is 14.4. The standard InChI is InChI=1S/C22H26ClFN4O2/c1-26-20-9-12-28(22(30)16-13-15(23)5-6-18(16)24)14-17(20)19(25-26)7-8-21(29)27-10-3-2-4-11-27/h5-6,13H,2-4,7-12,14H2,1H3. The fourth-order valence-electron chi connectivity index (χ4n) is 4.40. The van der Waals surface area contributed by atoms with E-state index in [1.54, 1.807) is 4.90 Å². The Bertz CT molecular complexity index is 968. The Morgan fingerprint density at radius 2 is 1.90 bits per heavy atom. The Kier molecular flexibility index (Phi) is 6.09. The van der Waals surface area contributed by atoms with E-state index in [1.807, 2.05) is 16.6 Å². The summed E-state index contributed by atoms with van der Waals surface area (Å²) in [4.78, 5) is 29.0. The quantitative estimate of drug-likeness (QED) is 0.744. The largest absolute Gasteiger partial charge is 0.343 e. The molecule has 0 N–H and O–H groups in total. The smallest absolute Gasteiger partial charge is 0.257 e. The molecule has 1 fully saturated rings. The van der Waals surface area contributed by atoms with Crippen LogP contribution in [0.25, 0.3) is 0 Å². The SMILES string of the molecule is Cn1nc(CCC(=O)N2CCCCC2)c2c1CCN(C(=O)c1cc(Cl)ccc1F)C2. The number of halogens is 2. The molecule has 1 aromatic heterocycles. The second-order valence-corrected chi connectivity index (χ2v) is 8.47. The van der Waals surface area contributed by atoms with E-state index in [-0.39, 0.29) is 17.4 Å². The minimum atomic E-state index is -0.575. The lowest BCUT2D eigenvalue weighted by atomic mass is 10.0. The summed E-state index contributed by atoms with van der Waals surface area (Å²) in [6.45, 7) is 2.53. The molecule has 0 spiro atoms. The third-order valence-electron chi connectivity index (χ3n) is 6.06. The van der Waals surface area contributed by atoms with Gasteiger partial charge in [-0.1, -0.05) is 11.6 Å². The summed E-state index contributed by atoms with van der Waals surface area (Å²) < 4.78 is 16.0. The third-order valence-corrected chi connectivity index (χ3v) is 6.29. The molecule has 160 valence electrons. The van der Waals surface area contributed by atoms with E-state index >= 15 is 0 Å². The van der Waals surface area contributed by atoms with Crippen LogP contribution in [0.3, 0.4) is 0 Å². The van der Waals surface area contributed by atoms with Crippen LogP contribution < -0.4 is 0 Å². The van der Waals surface area contributed by atoms with Crippen LogP contribution in [0.5, 0.6) is 0 Å². The molecular weight excluding hydrogens is 407 g/mol. The van der Waals surface area contributed by atoms with Gasteiger partial charge in [0.05, 0.1) is 11.3 Å². The average Bonchev–Trinajstić information content (AvgIpc) is 3.08. The molecule has 2 amide bonds. The van der Waals surface area contributed by atoms with Gasteiger partial charge in [0.1, 0.15) is 5.82 Å². The van der Waals surface area contributed by atoms with Crippen molar-refractivity contribution in [1.29, 1.82) is 0 Å². The molecule has 2 aromatic rings. The van der Waals surface area contributed by atoms with Crippen LogP contribution in [-0.2, 0) is 31.2 Å². The number of likely N-dealkylation sites (tertiary alicyclic amines) is 1. The average molecular weight is 433 g/mol. The summed E-state index contributed by atoms with van der Waals surface area (Å²) >= 11 is 5.96. The number of hydrogen-bond donors (Lipinski definition) is 0. The van der Waals surface area contributed by atoms with Crippen LogP contribution in [0.15, 0.2) is 18.2 Å². The molecule has 0 bridgehead atoms. The van der Waals surface area contributed by atoms with Gasteiger partial charge in [0.25, 0.3) is 5.91 Å². The van der Waals surface area contributed by atoms with E-state index in [0.717, 1.165) is 42.9 Å². The molecule has 0 atom stereocenters. The van der Waals surface area contributed by atoms with Crippen molar-refractivity contribution in [3.05, 3.63) is 51.6 Å². The van der Waals surface area contributed by atoms with Crippen molar-refractivity contribution >= 4 is 23.4 Å². The molecule has 1 aromatic carbocycles. The third kappa shape index (κ3) is 4.21. The monoisotopic (exact) mass is 432 g/mol. The normalized spacial score (nSPS) is 16.5. The Hall–Kier alpha value is -2.41. The van der Waals surface area contributed by atoms with E-state index < -0.39 is 5.82 Å². The second-order valence-electron chi connectivity index (χ2n) is 8.04. The zero-order valence-electron chi connectivity index (χ0n) is 17.2. The number of aromatic nitrogens is 2. The molecule has 4 rings (SSSR count). The van der Waals surface area contributed by atoms with Gasteiger partial charge in [-0.2, -0.15) is 5.10 Å². The summed E-state index contributed by atoms with van der Waals surface area (Å²) in [6.07, 6.45) is 4.94. The van der Waals surface area contributed by atoms with Crippen molar-refractivity contribution in [3.63, 3.8) is 0 Å². The van der Waals surface area contributed by atoms with Crippen molar-refractivity contribution in [2.75, 3.05) is 19.6 Å². The summed E-state index contributed by atoms with van der Waals surface area (Å²) in [5, 5.41) is 4.95. The first-order valence-corrected chi connectivity index (χ1v) is 10.9. The van der Waals surface area contributed by atoms with Crippen LogP contribution in [0.2, 0.25) is 5.02 Å². The first-order valence-electron chi connectivity index (χ1n) is 10.5. The van der Waals surface area contributed by atoms with Gasteiger partial charge in [-0.05, 0) is 37.5 Å². The summed E-state index contributed by atoms with van der Waals surface area (Å²) in [6, 6.07) is 4.02. The molecule has 6 nitrogen and oxygen atoms in total. The zero-order valence-corrected chi connectivity index (χ0v) is 17.9. The van der Waals surface area contributed by atoms with Crippen molar-refractivity contribution in [2.24, 2.45) is 7.05 Å². The maximum Gasteiger partial charge on any atom is 0.257 e. The molecule has 2 aliphatic rings. The molecule has 30 heavy (non-hydrogen) atoms. The predicted molar refractivity (Wildman–Crippen MR) is 112 cm³/mol. The molecule has 0 aliphatic carbocycles. The Morgan fingerprint density at radius 1 is 1.13 bits per heavy atom. The number of carbonyl (C=O) groups excluding carboxylic acids is 2. The van der Waals surface area contributed by atoms with Crippen molar-refractivity contribution < 1.29 is 14.0 Å². The highest BCUT2D eigenvalue weighted by Gasteiger charge is 2.29. The molecule has 0 radical (unpaired) electrons. The lowest BCUT2D eigenvalue weighted by molar-refractivity contribution is -0.132. The second kappa shape index (κ2) is 8.76. The van der Waals surface area contributed by atoms with Gasteiger partial charge in [0.15, 0.2) is 0 Å². The van der Waals surface area contributed by atoms with Crippen LogP contribution in [-0.4, -0.2) is 51.0 Å². The summed E-state index contributed by atoms with van der Waals surface area (Å²) in [5.41, 5.74) is 2.88. The number of carbonyl (C=O) groups is 2. The molecule has 3 heterocycles. The van der Waals surface area contributed by atoms with Gasteiger partial charge in [0, 0.05) is 68.8 Å². The Labute approximate surface area is 180 Å². The Balaban J connectivity index is 1.48. The van der Waals surface area contributed by atoms with E-state index in [4.69, 9.17) is 11.6 Å². The molecule has 1 saturated heterocycles. The number of rotatable bonds is 4. The number of benzene rings is 1. The van der Waals surface area contributed by atoms with Crippen molar-refractivity contribution in [2.45, 2.75) is 45.1 Å². The zero-order chi connectivity index (χ0) is 21.3. The summed E-state index contributed by atoms with van der Waals surface area (Å²) in [5.74, 6) is -0.785. The number of amides is 2. The minimum Gasteiger partial charge on any atom is -0.343 e. The highest BCUT2D eigenvalue weighted by molar-refractivity contribution is 6.31. The molecule has 2 aliphatic heterocycles. The highest BCUT2D eigenvalue weighted by atomic mass is 35.5. The van der Waals surface area contributed by atoms with Gasteiger partial charge in [-0.15, -0.1) is 0 Å². The van der Waals surface area contributed by atoms with E-state index in [9.17, 15) is 14.0 Å². The number of hydrogen-bond acceptors (Lipinski definition) is 3. The summed E-state index contributed by atoms with van der Waals surface area (Å²) in [7, 11) is 1.89. The number of aryl methyl sites for hydroxylation is 2. The van der Waals surface area contributed by atoms with Crippen molar-refractivity contribution in [1.82, 2.24) is 19.6 Å². The van der Waals surface area contributed by atoms with Crippen LogP contribution >= 0.6 is 11.6 Å². The highest BCUT2D eigenvalue weighted by Crippen LogP contribution is 2.26. The lowest BCUT2D eigenvalue weighted by Crippen LogP contribution is -2.37. The lowest BCUT2D eigenvalue weighted by Gasteiger charge is -2.28. The molecule has 8 heteroatoms. The Morgan fingerprint density at radius 3 is 2.67 bits per heavy atom. The van der Waals surface area contributed by atoms with Crippen molar-refractivity contribution in [3.8, 4) is 0 Å². The molecule has 0 saturated carbocycles. The van der Waals surface area contributed by atoms with Gasteiger partial charge < -0.3 is 9.80 Å². The van der Waals surface area contributed by atoms with E-state index in [2.05, 4.69) is 5.10 Å². The predicted octanol–water partition coefficient (Wildman–Crippen LogP) is 3.36. The fraction of sp³-hybridized carbons (Fsp3) is 0.500. The number of fused-ring (bicyclic) bond motifs is 1. The van der Waals surface area contributed by atoms with E-state index in [1.165, 1.54) is 24.6 Å². The molecule has 0 unspecified atom stereocenters. The fourth-order valence-corrected chi connectivity index (χ4v) is 4.57. The van der Waals surface area contributed by atoms with Crippen LogP contribution in [0.1, 0.15) is 53.0 Å². The minimum absolute atomic E-state index is 0.0170. The van der Waals surface area contributed by atoms with Gasteiger partial charge in [0.2, 0.25) is 5.91 Å². The maximum absolute atomic E-state index is 14.2. The molecular formula is C22H26ClFN4O2. The van der Waals surface area contributed by atoms with Crippen LogP contribution in [0.4, 0.5) is 4.39 Å². The maximum atomic E-state index is 14.2. The topological polar surface area (TPSA) is 58.4 Å².